The summed E-state index contributed by atoms with van der Waals surface area (Å²) < 4.78 is 28.1. The van der Waals surface area contributed by atoms with E-state index in [4.69, 9.17) is 35.0 Å². The fraction of sp³-hybridized carbons (Fsp3) is 0.0714. The molecule has 8 N–H and O–H groups in total. The summed E-state index contributed by atoms with van der Waals surface area (Å²) in [6, 6.07) is 75.5. The van der Waals surface area contributed by atoms with Crippen LogP contribution in [-0.2, 0) is 9.05 Å². The zero-order valence-electron chi connectivity index (χ0n) is 67.3. The van der Waals surface area contributed by atoms with Crippen molar-refractivity contribution in [1.82, 2.24) is 29.9 Å². The number of fused-ring (bicyclic) bond motifs is 6. The van der Waals surface area contributed by atoms with Crippen molar-refractivity contribution in [3.05, 3.63) is 308 Å². The quantitative estimate of drug-likeness (QED) is 0.0260. The molecule has 42 heteroatoms. The van der Waals surface area contributed by atoms with Crippen molar-refractivity contribution in [2.45, 2.75) is 34.6 Å². The maximum absolute atomic E-state index is 10.6. The molecule has 18 rings (SSSR count). The maximum Gasteiger partial charge on any atom is 1.00 e. The number of halogens is 9. The molecule has 22 nitrogen and oxygen atoms in total. The van der Waals surface area contributed by atoms with Crippen LogP contribution in [0.15, 0.2) is 243 Å². The number of aryl methyl sites for hydroxylation is 5. The molecule has 0 aliphatic carbocycles. The Hall–Kier alpha value is -5.35. The molecule has 0 bridgehead atoms. The van der Waals surface area contributed by atoms with Crippen LogP contribution in [0.5, 0.6) is 5.75 Å². The number of benzene rings is 12. The fourth-order valence-corrected chi connectivity index (χ4v) is 18.3. The topological polar surface area (TPSA) is 369 Å². The van der Waals surface area contributed by atoms with Crippen LogP contribution in [0.2, 0.25) is 0 Å². The summed E-state index contributed by atoms with van der Waals surface area (Å²) in [7, 11) is 11.2. The molecule has 6 heterocycles. The first-order chi connectivity index (χ1) is 58.0. The average Bonchev–Trinajstić information content (AvgIpc) is 1.50. The van der Waals surface area contributed by atoms with E-state index in [1.54, 1.807) is 111 Å². The SMILES string of the molecule is BrB(Br)Br.CS(=O)(=O)Cl.Cc1ccc2nc(-c3ccc(N)c([125I])c3)sc2c1.Cc1ccc2nc(-c3ccc(N)c([125I])c3)sc2c1.Cc1ccc2nc(-c3ccc(N)cc3)sc2c1.Cc1ccc2nc(-c3ccc([N+](=O)[O-])cc3)sc2c1.Cc1ccc2nc(-c3ccc([N+](=O)[O-])cc3)sc2c1.O=[N+]([O-])c1ccc(-c2nc3ccc(O)cc3s2)cc1.[125I-].[Cl][Sn][Cl].[Na+].[Na+].[OH-]. The largest absolute Gasteiger partial charge is 1.00 e. The predicted molar refractivity (Wildman–Crippen MR) is 547 cm³/mol. The number of non-ortho nitro benzene ring substituents is 3. The van der Waals surface area contributed by atoms with Gasteiger partial charge in [0.1, 0.15) is 35.8 Å². The molecule has 0 aliphatic rings. The monoisotopic (exact) mass is 2520 g/mol. The van der Waals surface area contributed by atoms with Crippen LogP contribution in [-0.4, -0.2) is 92.0 Å². The Balaban J connectivity index is 0.000000226. The Labute approximate surface area is 884 Å². The summed E-state index contributed by atoms with van der Waals surface area (Å²) >= 11 is 22.8. The number of nitrogens with two attached hydrogens (primary N) is 3. The van der Waals surface area contributed by atoms with E-state index in [0.717, 1.165) is 141 Å². The molecule has 2 radical (unpaired) electrons. The van der Waals surface area contributed by atoms with Crippen molar-refractivity contribution >= 4 is 316 Å². The minimum atomic E-state index is -3.19. The Kier molecular flexibility index (Phi) is 45.3. The van der Waals surface area contributed by atoms with Crippen molar-refractivity contribution < 1.29 is 117 Å². The summed E-state index contributed by atoms with van der Waals surface area (Å²) in [5.41, 5.74) is 38.2. The second kappa shape index (κ2) is 52.2. The van der Waals surface area contributed by atoms with Crippen LogP contribution in [0.3, 0.4) is 0 Å². The number of nitrogens with zero attached hydrogens (tertiary/aromatic N) is 9. The molecule has 0 saturated heterocycles. The van der Waals surface area contributed by atoms with Gasteiger partial charge in [-0.1, -0.05) is 30.3 Å². The Morgan fingerprint density at radius 1 is 0.381 bits per heavy atom. The van der Waals surface area contributed by atoms with E-state index in [1.165, 1.54) is 89.7 Å². The molecule has 0 unspecified atom stereocenters. The number of hydrogen-bond acceptors (Lipinski definition) is 25. The molecule has 0 fully saturated rings. The van der Waals surface area contributed by atoms with Gasteiger partial charge in [-0.3, -0.25) is 30.3 Å². The van der Waals surface area contributed by atoms with Gasteiger partial charge in [0.25, 0.3) is 17.1 Å². The van der Waals surface area contributed by atoms with Gasteiger partial charge in [-0.05, 0) is 284 Å². The number of anilines is 3. The number of nitrogen functional groups attached to an aromatic ring is 3. The molecule has 0 aliphatic heterocycles. The van der Waals surface area contributed by atoms with E-state index < -0.39 is 42.7 Å². The van der Waals surface area contributed by atoms with Gasteiger partial charge < -0.3 is 51.8 Å². The normalized spacial score (nSPS) is 10.3. The Morgan fingerprint density at radius 2 is 0.571 bits per heavy atom. The zero-order valence-corrected chi connectivity index (χ0v) is 93.4. The third kappa shape index (κ3) is 33.1. The van der Waals surface area contributed by atoms with Crippen molar-refractivity contribution in [3.8, 4) is 69.2 Å². The van der Waals surface area contributed by atoms with Gasteiger partial charge in [-0.25, -0.2) is 38.3 Å². The molecule has 0 saturated carbocycles. The van der Waals surface area contributed by atoms with Crippen LogP contribution in [0.4, 0.5) is 34.1 Å². The number of phenols is 1. The first-order valence-corrected chi connectivity index (χ1v) is 55.2. The number of aromatic nitrogens is 6. The van der Waals surface area contributed by atoms with Crippen LogP contribution < -0.4 is 100 Å². The standard InChI is InChI=1S/2C14H11IN2S.2C14H10N2O2S.C14H12N2S.C13H8N2O3S.CH3ClO2S.BBr3.2ClH.HI.2Na.H2O.Sn/c2*1-8-2-5-12-13(6-8)18-14(17-12)9-3-4-11(16)10(15)7-9;2*1-9-2-7-12-13(8-9)19-14(15-12)10-3-5-11(6-4-10)16(17)18;1-9-2-7-12-13(8-9)17-14(16-12)10-3-5-11(15)6-4-10;16-10-5-6-11-12(7-10)19-13(14-11)8-1-3-9(4-2-8)15(17)18;1-5(2,3)4;2-1(3)4;;;;;;;/h2*2-7H,16H2,1H3;2*2-8H,1H3;2-8H,15H2,1H3;1-7,16H;1H3;;3*1H;;;1H2;/q;;;;;;;;;;;2*+1;;+2/p-4/i2*15-2;;;;;;;;;1-2;;;;. The third-order valence-corrected chi connectivity index (χ3v) is 25.0. The van der Waals surface area contributed by atoms with Crippen LogP contribution in [0, 0.1) is 72.1 Å². The van der Waals surface area contributed by atoms with E-state index >= 15 is 0 Å². The number of thiazole rings is 6. The van der Waals surface area contributed by atoms with Gasteiger partial charge in [0, 0.05) is 105 Å². The molecular formula is C84H66BBr3Cl3I3N12Na2O10S7Sn. The molecule has 6 aromatic heterocycles. The fourth-order valence-electron chi connectivity index (χ4n) is 10.9. The molecule has 0 atom stereocenters. The van der Waals surface area contributed by atoms with E-state index in [1.807, 2.05) is 86.6 Å². The van der Waals surface area contributed by atoms with Crippen LogP contribution >= 0.6 is 189 Å². The summed E-state index contributed by atoms with van der Waals surface area (Å²) in [4.78, 5) is 58.1. The van der Waals surface area contributed by atoms with Gasteiger partial charge in [0.05, 0.1) is 82.3 Å². The zero-order chi connectivity index (χ0) is 88.2. The number of nitro groups is 3. The van der Waals surface area contributed by atoms with Crippen LogP contribution in [0.25, 0.3) is 125 Å². The van der Waals surface area contributed by atoms with Gasteiger partial charge in [0.2, 0.25) is 9.05 Å². The molecule has 0 amide bonds. The second-order valence-corrected chi connectivity index (χ2v) is 48.4. The number of phenolic OH excluding ortho intramolecular Hbond substituents is 1. The van der Waals surface area contributed by atoms with E-state index in [2.05, 4.69) is 233 Å². The third-order valence-electron chi connectivity index (χ3n) is 16.7. The van der Waals surface area contributed by atoms with E-state index in [-0.39, 0.29) is 115 Å². The summed E-state index contributed by atoms with van der Waals surface area (Å²) in [6.45, 7) is 10.4. The van der Waals surface area contributed by atoms with Crippen molar-refractivity contribution in [2.75, 3.05) is 23.5 Å². The summed E-state index contributed by atoms with van der Waals surface area (Å²) in [5.74, 6) is 0.200. The van der Waals surface area contributed by atoms with E-state index in [9.17, 15) is 43.9 Å². The first kappa shape index (κ1) is 109. The minimum Gasteiger partial charge on any atom is -0.870 e. The second-order valence-electron chi connectivity index (χ2n) is 26.1. The first-order valence-electron chi connectivity index (χ1n) is 35.5. The van der Waals surface area contributed by atoms with Gasteiger partial charge in [-0.2, -0.15) is 0 Å². The van der Waals surface area contributed by atoms with E-state index in [0.29, 0.717) is 0 Å². The molecule has 126 heavy (non-hydrogen) atoms. The summed E-state index contributed by atoms with van der Waals surface area (Å²) in [6.07, 6.45) is 0.925. The molecule has 12 aromatic carbocycles. The van der Waals surface area contributed by atoms with Gasteiger partial charge in [-0.15, -0.1) is 115 Å². The molecule has 18 aromatic rings. The van der Waals surface area contributed by atoms with Crippen molar-refractivity contribution in [2.24, 2.45) is 0 Å². The number of nitro benzene ring substituents is 3. The average molecular weight is 2520 g/mol. The van der Waals surface area contributed by atoms with Crippen molar-refractivity contribution in [3.63, 3.8) is 0 Å². The smallest absolute Gasteiger partial charge is 0.870 e. The Bertz CT molecular complexity index is 6440. The Morgan fingerprint density at radius 3 is 0.786 bits per heavy atom. The predicted octanol–water partition coefficient (Wildman–Crippen LogP) is 18.9. The minimum absolute atomic E-state index is 0. The number of aromatic hydroxyl groups is 1. The number of hydrogen-bond donors (Lipinski definition) is 4. The molecule has 636 valence electrons. The summed E-state index contributed by atoms with van der Waals surface area (Å²) in [5, 5.41) is 46.9. The van der Waals surface area contributed by atoms with Gasteiger partial charge in [0.15, 0.2) is 0 Å². The van der Waals surface area contributed by atoms with Crippen LogP contribution in [0.1, 0.15) is 27.8 Å². The molecular weight excluding hydrogens is 2460 g/mol. The van der Waals surface area contributed by atoms with Gasteiger partial charge >= 0.3 is 99.0 Å². The maximum atomic E-state index is 10.6. The number of rotatable bonds is 9. The van der Waals surface area contributed by atoms with Crippen molar-refractivity contribution in [1.29, 1.82) is 0 Å². The molecule has 0 spiro atoms.